The lowest BCUT2D eigenvalue weighted by molar-refractivity contribution is -0.127. The Morgan fingerprint density at radius 2 is 1.74 bits per heavy atom. The fourth-order valence-electron chi connectivity index (χ4n) is 3.52. The lowest BCUT2D eigenvalue weighted by Gasteiger charge is -2.14. The molecule has 0 saturated heterocycles. The van der Waals surface area contributed by atoms with Gasteiger partial charge in [0.25, 0.3) is 5.91 Å². The second kappa shape index (κ2) is 9.72. The van der Waals surface area contributed by atoms with Gasteiger partial charge in [0.05, 0.1) is 5.69 Å². The Balaban J connectivity index is 1.81. The van der Waals surface area contributed by atoms with Gasteiger partial charge in [-0.1, -0.05) is 6.42 Å². The highest BCUT2D eigenvalue weighted by Crippen LogP contribution is 2.27. The van der Waals surface area contributed by atoms with Crippen molar-refractivity contribution < 1.29 is 23.5 Å². The highest BCUT2D eigenvalue weighted by molar-refractivity contribution is 5.98. The van der Waals surface area contributed by atoms with Crippen molar-refractivity contribution >= 4 is 17.9 Å². The second-order valence-corrected chi connectivity index (χ2v) is 7.89. The van der Waals surface area contributed by atoms with E-state index in [1.807, 2.05) is 0 Å². The minimum atomic E-state index is -1.18. The molecule has 1 atom stereocenters. The Morgan fingerprint density at radius 1 is 1.06 bits per heavy atom. The second-order valence-electron chi connectivity index (χ2n) is 7.89. The maximum atomic E-state index is 13.3. The highest BCUT2D eigenvalue weighted by atomic mass is 19.1. The number of carbonyl (C=O) groups is 3. The van der Waals surface area contributed by atoms with Crippen LogP contribution in [0.3, 0.4) is 0 Å². The molecule has 9 heteroatoms. The number of fused-ring (bicyclic) bond motifs is 1. The molecule has 3 rings (SSSR count). The third-order valence-electron chi connectivity index (χ3n) is 5.00. The summed E-state index contributed by atoms with van der Waals surface area (Å²) < 4.78 is 20.3. The first-order valence-corrected chi connectivity index (χ1v) is 10.4. The zero-order valence-corrected chi connectivity index (χ0v) is 17.9. The van der Waals surface area contributed by atoms with Gasteiger partial charge in [0.2, 0.25) is 0 Å². The van der Waals surface area contributed by atoms with Crippen molar-refractivity contribution in [2.75, 3.05) is 0 Å². The summed E-state index contributed by atoms with van der Waals surface area (Å²) >= 11 is 0. The average Bonchev–Trinajstić information content (AvgIpc) is 2.89. The van der Waals surface area contributed by atoms with Crippen molar-refractivity contribution in [1.82, 2.24) is 20.4 Å². The zero-order chi connectivity index (χ0) is 22.5. The third kappa shape index (κ3) is 5.48. The van der Waals surface area contributed by atoms with E-state index in [0.717, 1.165) is 36.9 Å². The van der Waals surface area contributed by atoms with E-state index < -0.39 is 24.0 Å². The van der Waals surface area contributed by atoms with Gasteiger partial charge in [-0.2, -0.15) is 5.10 Å². The molecule has 2 N–H and O–H groups in total. The predicted octanol–water partition coefficient (Wildman–Crippen LogP) is 3.06. The van der Waals surface area contributed by atoms with E-state index in [4.69, 9.17) is 4.74 Å². The van der Waals surface area contributed by atoms with Crippen LogP contribution in [0, 0.1) is 5.82 Å². The Kier molecular flexibility index (Phi) is 7.04. The molecule has 0 radical (unpaired) electrons. The molecular weight excluding hydrogens is 403 g/mol. The predicted molar refractivity (Wildman–Crippen MR) is 111 cm³/mol. The maximum Gasteiger partial charge on any atom is 0.359 e. The summed E-state index contributed by atoms with van der Waals surface area (Å²) in [6, 6.07) is 5.09. The number of hydrogen-bond acceptors (Lipinski definition) is 5. The van der Waals surface area contributed by atoms with E-state index >= 15 is 0 Å². The zero-order valence-electron chi connectivity index (χ0n) is 17.9. The monoisotopic (exact) mass is 430 g/mol. The summed E-state index contributed by atoms with van der Waals surface area (Å²) in [5, 5.41) is 9.14. The van der Waals surface area contributed by atoms with Crippen molar-refractivity contribution in [2.24, 2.45) is 0 Å². The SMILES string of the molecule is CC(C)NC(=O)NC(=O)C(C)OC(=O)c1nn(-c2ccc(F)cc2)c2c1CCCCC2. The van der Waals surface area contributed by atoms with Gasteiger partial charge >= 0.3 is 12.0 Å². The van der Waals surface area contributed by atoms with Crippen LogP contribution >= 0.6 is 0 Å². The molecule has 0 spiro atoms. The van der Waals surface area contributed by atoms with Crippen LogP contribution in [0.5, 0.6) is 0 Å². The van der Waals surface area contributed by atoms with E-state index in [1.165, 1.54) is 19.1 Å². The van der Waals surface area contributed by atoms with E-state index in [-0.39, 0.29) is 17.6 Å². The minimum absolute atomic E-state index is 0.142. The molecular formula is C22H27FN4O4. The Hall–Kier alpha value is -3.23. The molecule has 1 aliphatic rings. The molecule has 1 unspecified atom stereocenters. The highest BCUT2D eigenvalue weighted by Gasteiger charge is 2.28. The standard InChI is InChI=1S/C22H27FN4O4/c1-13(2)24-22(30)25-20(28)14(3)31-21(29)19-17-7-5-4-6-8-18(17)27(26-19)16-11-9-15(23)10-12-16/h9-14H,4-8H2,1-3H3,(H2,24,25,28,30). The largest absolute Gasteiger partial charge is 0.448 e. The number of rotatable bonds is 5. The molecule has 1 aromatic heterocycles. The smallest absolute Gasteiger partial charge is 0.359 e. The molecule has 166 valence electrons. The topological polar surface area (TPSA) is 102 Å². The van der Waals surface area contributed by atoms with Gasteiger partial charge in [-0.25, -0.2) is 18.7 Å². The van der Waals surface area contributed by atoms with Gasteiger partial charge in [-0.05, 0) is 70.7 Å². The fourth-order valence-corrected chi connectivity index (χ4v) is 3.52. The van der Waals surface area contributed by atoms with Crippen LogP contribution < -0.4 is 10.6 Å². The lowest BCUT2D eigenvalue weighted by Crippen LogP contribution is -2.46. The number of aromatic nitrogens is 2. The molecule has 3 amide bonds. The first-order chi connectivity index (χ1) is 14.8. The Bertz CT molecular complexity index is 969. The molecule has 31 heavy (non-hydrogen) atoms. The number of benzene rings is 1. The first-order valence-electron chi connectivity index (χ1n) is 10.4. The summed E-state index contributed by atoms with van der Waals surface area (Å²) in [7, 11) is 0. The third-order valence-corrected chi connectivity index (χ3v) is 5.00. The molecule has 0 bridgehead atoms. The van der Waals surface area contributed by atoms with Crippen molar-refractivity contribution in [3.63, 3.8) is 0 Å². The van der Waals surface area contributed by atoms with Crippen molar-refractivity contribution in [3.8, 4) is 5.69 Å². The number of esters is 1. The molecule has 8 nitrogen and oxygen atoms in total. The molecule has 2 aromatic rings. The molecule has 0 fully saturated rings. The van der Waals surface area contributed by atoms with E-state index in [9.17, 15) is 18.8 Å². The molecule has 1 aliphatic carbocycles. The van der Waals surface area contributed by atoms with Gasteiger partial charge in [-0.15, -0.1) is 0 Å². The summed E-state index contributed by atoms with van der Waals surface area (Å²) in [6.45, 7) is 4.92. The van der Waals surface area contributed by atoms with Crippen LogP contribution in [-0.2, 0) is 22.4 Å². The molecule has 1 aromatic carbocycles. The van der Waals surface area contributed by atoms with E-state index in [2.05, 4.69) is 15.7 Å². The number of halogens is 1. The quantitative estimate of drug-likeness (QED) is 0.561. The van der Waals surface area contributed by atoms with Crippen molar-refractivity contribution in [1.29, 1.82) is 0 Å². The summed E-state index contributed by atoms with van der Waals surface area (Å²) in [4.78, 5) is 36.8. The molecule has 0 aliphatic heterocycles. The Morgan fingerprint density at radius 3 is 2.42 bits per heavy atom. The molecule has 1 heterocycles. The van der Waals surface area contributed by atoms with Crippen LogP contribution in [0.25, 0.3) is 5.69 Å². The van der Waals surface area contributed by atoms with Gasteiger partial charge in [0, 0.05) is 17.3 Å². The number of carbonyl (C=O) groups excluding carboxylic acids is 3. The Labute approximate surface area is 180 Å². The van der Waals surface area contributed by atoms with E-state index in [1.54, 1.807) is 30.7 Å². The maximum absolute atomic E-state index is 13.3. The summed E-state index contributed by atoms with van der Waals surface area (Å²) in [5.74, 6) is -1.82. The lowest BCUT2D eigenvalue weighted by atomic mass is 10.1. The van der Waals surface area contributed by atoms with Gasteiger partial charge in [0.1, 0.15) is 5.82 Å². The van der Waals surface area contributed by atoms with Crippen LogP contribution in [0.2, 0.25) is 0 Å². The van der Waals surface area contributed by atoms with Crippen LogP contribution in [0.1, 0.15) is 61.8 Å². The minimum Gasteiger partial charge on any atom is -0.448 e. The fraction of sp³-hybridized carbons (Fsp3) is 0.455. The molecule has 0 saturated carbocycles. The number of imide groups is 1. The van der Waals surface area contributed by atoms with Gasteiger partial charge < -0.3 is 10.1 Å². The normalized spacial score (nSPS) is 14.4. The number of nitrogens with one attached hydrogen (secondary N) is 2. The van der Waals surface area contributed by atoms with Crippen molar-refractivity contribution in [2.45, 2.75) is 65.0 Å². The number of amides is 3. The van der Waals surface area contributed by atoms with E-state index in [0.29, 0.717) is 12.1 Å². The summed E-state index contributed by atoms with van der Waals surface area (Å²) in [5.41, 5.74) is 2.48. The van der Waals surface area contributed by atoms with Gasteiger partial charge in [-0.3, -0.25) is 10.1 Å². The van der Waals surface area contributed by atoms with Crippen LogP contribution in [0.4, 0.5) is 9.18 Å². The number of hydrogen-bond donors (Lipinski definition) is 2. The number of ether oxygens (including phenoxy) is 1. The average molecular weight is 430 g/mol. The number of urea groups is 1. The van der Waals surface area contributed by atoms with Crippen LogP contribution in [0.15, 0.2) is 24.3 Å². The van der Waals surface area contributed by atoms with Crippen LogP contribution in [-0.4, -0.2) is 39.8 Å². The van der Waals surface area contributed by atoms with Gasteiger partial charge in [0.15, 0.2) is 11.8 Å². The first kappa shape index (κ1) is 22.5. The number of nitrogens with zero attached hydrogens (tertiary/aromatic N) is 2. The summed E-state index contributed by atoms with van der Waals surface area (Å²) in [6.07, 6.45) is 3.11. The van der Waals surface area contributed by atoms with Crippen molar-refractivity contribution in [3.05, 3.63) is 47.0 Å².